The minimum absolute atomic E-state index is 0.176. The fraction of sp³-hybridized carbons (Fsp3) is 0.639. The number of carbonyl (C=O) groups is 2. The molecule has 1 fully saturated rings. The summed E-state index contributed by atoms with van der Waals surface area (Å²) in [4.78, 5) is 32.4. The number of amides is 2. The van der Waals surface area contributed by atoms with Crippen LogP contribution in [0.3, 0.4) is 0 Å². The molecule has 2 amide bonds. The first-order chi connectivity index (χ1) is 22.1. The smallest absolute Gasteiger partial charge is 0.249 e. The average Bonchev–Trinajstić information content (AvgIpc) is 3.57. The molecule has 10 nitrogen and oxygen atoms in total. The largest absolute Gasteiger partial charge is 0.388 e. The van der Waals surface area contributed by atoms with Crippen LogP contribution >= 0.6 is 11.3 Å². The molecule has 1 aromatic heterocycles. The topological polar surface area (TPSA) is 130 Å². The molecular formula is C36H57N3O7S. The van der Waals surface area contributed by atoms with Gasteiger partial charge in [0.05, 0.1) is 18.2 Å². The van der Waals surface area contributed by atoms with Gasteiger partial charge in [-0.05, 0) is 53.4 Å². The van der Waals surface area contributed by atoms with Gasteiger partial charge in [0.15, 0.2) is 6.29 Å². The Morgan fingerprint density at radius 2 is 1.83 bits per heavy atom. The Morgan fingerprint density at radius 1 is 1.15 bits per heavy atom. The summed E-state index contributed by atoms with van der Waals surface area (Å²) >= 11 is 1.50. The summed E-state index contributed by atoms with van der Waals surface area (Å²) in [5.74, 6) is -0.314. The van der Waals surface area contributed by atoms with Crippen molar-refractivity contribution >= 4 is 23.2 Å². The van der Waals surface area contributed by atoms with Gasteiger partial charge in [0, 0.05) is 37.2 Å². The second-order valence-corrected chi connectivity index (χ2v) is 13.8. The molecule has 1 aromatic rings. The van der Waals surface area contributed by atoms with E-state index in [4.69, 9.17) is 14.2 Å². The maximum absolute atomic E-state index is 13.4. The van der Waals surface area contributed by atoms with Crippen LogP contribution in [0.2, 0.25) is 0 Å². The Balaban J connectivity index is 2.21. The summed E-state index contributed by atoms with van der Waals surface area (Å²) in [5.41, 5.74) is 2.48. The lowest BCUT2D eigenvalue weighted by molar-refractivity contribution is -0.305. The first-order valence-corrected chi connectivity index (χ1v) is 17.4. The van der Waals surface area contributed by atoms with E-state index >= 15 is 0 Å². The number of allylic oxidation sites excluding steroid dienone is 5. The van der Waals surface area contributed by atoms with Crippen molar-refractivity contribution in [2.45, 2.75) is 124 Å². The SMILES string of the molecule is CC/C=C(C)/C=C/C(O[C@@H]1O[C@@H](C)[C@H](O)[C@@H](OC)[C@H]1O)[C@H](C)/C(C)=C/C=C(\C)C(=O)N(C)[C@H](C)C(=O)N[C@@H](CC(C)C)c1nccs1. The van der Waals surface area contributed by atoms with Crippen molar-refractivity contribution in [2.75, 3.05) is 14.2 Å². The molecule has 9 atom stereocenters. The van der Waals surface area contributed by atoms with Crippen LogP contribution in [-0.2, 0) is 23.8 Å². The maximum atomic E-state index is 13.4. The predicted molar refractivity (Wildman–Crippen MR) is 187 cm³/mol. The van der Waals surface area contributed by atoms with Crippen molar-refractivity contribution in [3.63, 3.8) is 0 Å². The van der Waals surface area contributed by atoms with Crippen LogP contribution in [0.25, 0.3) is 0 Å². The number of aromatic nitrogens is 1. The molecule has 0 aliphatic carbocycles. The lowest BCUT2D eigenvalue weighted by atomic mass is 9.94. The van der Waals surface area contributed by atoms with E-state index in [2.05, 4.69) is 37.1 Å². The molecular weight excluding hydrogens is 618 g/mol. The molecule has 3 N–H and O–H groups in total. The van der Waals surface area contributed by atoms with Gasteiger partial charge in [0.1, 0.15) is 29.4 Å². The summed E-state index contributed by atoms with van der Waals surface area (Å²) < 4.78 is 17.5. The van der Waals surface area contributed by atoms with Crippen molar-refractivity contribution in [3.8, 4) is 0 Å². The molecule has 264 valence electrons. The highest BCUT2D eigenvalue weighted by molar-refractivity contribution is 7.09. The van der Waals surface area contributed by atoms with Gasteiger partial charge in [-0.1, -0.05) is 69.2 Å². The van der Waals surface area contributed by atoms with E-state index in [1.54, 1.807) is 40.1 Å². The number of carbonyl (C=O) groups excluding carboxylic acids is 2. The molecule has 1 saturated heterocycles. The number of aliphatic hydroxyl groups excluding tert-OH is 2. The summed E-state index contributed by atoms with van der Waals surface area (Å²) in [6.45, 7) is 17.4. The number of likely N-dealkylation sites (N-methyl/N-ethyl adjacent to an activating group) is 1. The van der Waals surface area contributed by atoms with Gasteiger partial charge in [-0.3, -0.25) is 9.59 Å². The molecule has 11 heteroatoms. The molecule has 0 bridgehead atoms. The van der Waals surface area contributed by atoms with Gasteiger partial charge in [0.2, 0.25) is 11.8 Å². The number of rotatable bonds is 16. The average molecular weight is 676 g/mol. The summed E-state index contributed by atoms with van der Waals surface area (Å²) in [6, 6.07) is -0.901. The first kappa shape index (κ1) is 40.5. The minimum Gasteiger partial charge on any atom is -0.388 e. The number of methoxy groups -OCH3 is 1. The molecule has 0 saturated carbocycles. The lowest BCUT2D eigenvalue weighted by Crippen LogP contribution is -2.58. The van der Waals surface area contributed by atoms with Gasteiger partial charge in [-0.2, -0.15) is 0 Å². The van der Waals surface area contributed by atoms with Crippen molar-refractivity contribution in [1.29, 1.82) is 0 Å². The second-order valence-electron chi connectivity index (χ2n) is 12.9. The first-order valence-electron chi connectivity index (χ1n) is 16.5. The molecule has 1 unspecified atom stereocenters. The Kier molecular flexibility index (Phi) is 16.7. The Labute approximate surface area is 285 Å². The zero-order chi connectivity index (χ0) is 35.4. The van der Waals surface area contributed by atoms with E-state index in [1.807, 2.05) is 44.4 Å². The number of hydrogen-bond donors (Lipinski definition) is 3. The fourth-order valence-corrected chi connectivity index (χ4v) is 5.97. The number of hydrogen-bond acceptors (Lipinski definition) is 9. The van der Waals surface area contributed by atoms with E-state index < -0.39 is 42.9 Å². The summed E-state index contributed by atoms with van der Waals surface area (Å²) in [7, 11) is 3.07. The van der Waals surface area contributed by atoms with Gasteiger partial charge in [0.25, 0.3) is 0 Å². The molecule has 2 rings (SSSR count). The predicted octanol–water partition coefficient (Wildman–Crippen LogP) is 5.50. The second kappa shape index (κ2) is 19.4. The normalized spacial score (nSPS) is 25.5. The Bertz CT molecular complexity index is 1260. The zero-order valence-electron chi connectivity index (χ0n) is 30.0. The maximum Gasteiger partial charge on any atom is 0.249 e. The molecule has 2 heterocycles. The lowest BCUT2D eigenvalue weighted by Gasteiger charge is -2.42. The van der Waals surface area contributed by atoms with Crippen molar-refractivity contribution < 1.29 is 34.0 Å². The molecule has 1 aliphatic rings. The zero-order valence-corrected chi connectivity index (χ0v) is 30.8. The number of aliphatic hydroxyl groups is 2. The third kappa shape index (κ3) is 11.8. The van der Waals surface area contributed by atoms with Gasteiger partial charge in [-0.25, -0.2) is 4.98 Å². The standard InChI is InChI=1S/C36H57N3O7S/c1-12-13-22(4)14-17-29(46-36-31(41)32(44-11)30(40)27(9)45-36)25(7)23(5)15-16-24(6)35(43)39(10)26(8)33(42)38-28(20-21(2)3)34-37-18-19-47-34/h13-19,21,25-32,36,40-41H,12,20H2,1-11H3,(H,38,42)/b17-14+,22-13+,23-15+,24-16+/t25-,26-,27+,28+,29?,30+,31-,32-,36+/m1/s1. The van der Waals surface area contributed by atoms with Gasteiger partial charge in [-0.15, -0.1) is 11.3 Å². The van der Waals surface area contributed by atoms with Crippen LogP contribution in [0.15, 0.2) is 58.7 Å². The number of thiazole rings is 1. The van der Waals surface area contributed by atoms with E-state index in [1.165, 1.54) is 23.3 Å². The minimum atomic E-state index is -1.19. The van der Waals surface area contributed by atoms with Crippen molar-refractivity contribution in [1.82, 2.24) is 15.2 Å². The summed E-state index contributed by atoms with van der Waals surface area (Å²) in [5, 5.41) is 27.1. The van der Waals surface area contributed by atoms with E-state index in [9.17, 15) is 19.8 Å². The number of nitrogens with one attached hydrogen (secondary N) is 1. The number of nitrogens with zero attached hydrogens (tertiary/aromatic N) is 2. The molecule has 1 aliphatic heterocycles. The van der Waals surface area contributed by atoms with Gasteiger partial charge >= 0.3 is 0 Å². The fourth-order valence-electron chi connectivity index (χ4n) is 5.27. The third-order valence-electron chi connectivity index (χ3n) is 8.62. The van der Waals surface area contributed by atoms with E-state index in [0.29, 0.717) is 11.5 Å². The molecule has 0 radical (unpaired) electrons. The van der Waals surface area contributed by atoms with Crippen LogP contribution in [-0.4, -0.2) is 88.9 Å². The van der Waals surface area contributed by atoms with E-state index in [0.717, 1.165) is 29.0 Å². The molecule has 0 spiro atoms. The van der Waals surface area contributed by atoms with E-state index in [-0.39, 0.29) is 23.8 Å². The Morgan fingerprint density at radius 3 is 2.40 bits per heavy atom. The van der Waals surface area contributed by atoms with Crippen LogP contribution in [0, 0.1) is 11.8 Å². The molecule has 0 aromatic carbocycles. The van der Waals surface area contributed by atoms with Crippen molar-refractivity contribution in [3.05, 3.63) is 63.7 Å². The third-order valence-corrected chi connectivity index (χ3v) is 9.51. The Hall–Kier alpha value is -2.67. The highest BCUT2D eigenvalue weighted by Gasteiger charge is 2.44. The van der Waals surface area contributed by atoms with Crippen LogP contribution in [0.4, 0.5) is 0 Å². The van der Waals surface area contributed by atoms with Crippen LogP contribution in [0.5, 0.6) is 0 Å². The highest BCUT2D eigenvalue weighted by Crippen LogP contribution is 2.29. The van der Waals surface area contributed by atoms with Crippen molar-refractivity contribution in [2.24, 2.45) is 11.8 Å². The highest BCUT2D eigenvalue weighted by atomic mass is 32.1. The van der Waals surface area contributed by atoms with Crippen LogP contribution < -0.4 is 5.32 Å². The quantitative estimate of drug-likeness (QED) is 0.155. The van der Waals surface area contributed by atoms with Crippen LogP contribution in [0.1, 0.15) is 86.2 Å². The summed E-state index contributed by atoms with van der Waals surface area (Å²) in [6.07, 6.45) is 7.86. The number of ether oxygens (including phenoxy) is 3. The van der Waals surface area contributed by atoms with Gasteiger partial charge < -0.3 is 34.6 Å². The monoisotopic (exact) mass is 675 g/mol. The molecule has 47 heavy (non-hydrogen) atoms.